The Bertz CT molecular complexity index is 685. The smallest absolute Gasteiger partial charge is 0.338 e. The van der Waals surface area contributed by atoms with Crippen LogP contribution in [0.4, 0.5) is 18.0 Å². The Morgan fingerprint density at radius 3 is 2.74 bits per heavy atom. The average Bonchev–Trinajstić information content (AvgIpc) is 3.15. The van der Waals surface area contributed by atoms with E-state index >= 15 is 0 Å². The first-order chi connectivity index (χ1) is 12.6. The standard InChI is InChI=1S/C18H28F3N5O/c1-12(2)16-23-14-10-26(7-5-15(14)24(16)3)17(27)22-8-13-4-6-25(9-13)11-18(19,20)21/h12-13H,4-11H2,1-3H3,(H,22,27). The molecule has 1 aromatic rings. The minimum absolute atomic E-state index is 0.0686. The van der Waals surface area contributed by atoms with Crippen LogP contribution in [0.3, 0.4) is 0 Å². The van der Waals surface area contributed by atoms with Crippen LogP contribution in [0.5, 0.6) is 0 Å². The molecular weight excluding hydrogens is 359 g/mol. The summed E-state index contributed by atoms with van der Waals surface area (Å²) in [6.07, 6.45) is -2.72. The van der Waals surface area contributed by atoms with Crippen molar-refractivity contribution >= 4 is 6.03 Å². The van der Waals surface area contributed by atoms with Crippen LogP contribution in [0.1, 0.15) is 43.4 Å². The number of hydrogen-bond acceptors (Lipinski definition) is 3. The molecular formula is C18H28F3N5O. The number of aromatic nitrogens is 2. The van der Waals surface area contributed by atoms with E-state index in [1.165, 1.54) is 10.6 Å². The van der Waals surface area contributed by atoms with Crippen molar-refractivity contribution in [2.45, 2.75) is 45.3 Å². The van der Waals surface area contributed by atoms with Gasteiger partial charge in [-0.05, 0) is 18.9 Å². The largest absolute Gasteiger partial charge is 0.401 e. The molecule has 1 unspecified atom stereocenters. The molecule has 3 rings (SSSR count). The molecule has 0 aliphatic carbocycles. The first kappa shape index (κ1) is 20.0. The average molecular weight is 387 g/mol. The van der Waals surface area contributed by atoms with Crippen molar-refractivity contribution in [3.05, 3.63) is 17.2 Å². The van der Waals surface area contributed by atoms with Gasteiger partial charge in [-0.2, -0.15) is 13.2 Å². The fourth-order valence-corrected chi connectivity index (χ4v) is 4.06. The normalized spacial score (nSPS) is 21.0. The second kappa shape index (κ2) is 7.69. The summed E-state index contributed by atoms with van der Waals surface area (Å²) in [4.78, 5) is 20.3. The molecule has 3 heterocycles. The topological polar surface area (TPSA) is 53.4 Å². The molecule has 6 nitrogen and oxygen atoms in total. The van der Waals surface area contributed by atoms with Crippen LogP contribution in [0, 0.1) is 5.92 Å². The Balaban J connectivity index is 1.49. The van der Waals surface area contributed by atoms with Crippen molar-refractivity contribution in [2.24, 2.45) is 13.0 Å². The number of hydrogen-bond donors (Lipinski definition) is 1. The van der Waals surface area contributed by atoms with Crippen LogP contribution in [0.25, 0.3) is 0 Å². The van der Waals surface area contributed by atoms with Crippen molar-refractivity contribution in [3.63, 3.8) is 0 Å². The minimum Gasteiger partial charge on any atom is -0.338 e. The highest BCUT2D eigenvalue weighted by Crippen LogP contribution is 2.24. The second-order valence-corrected chi connectivity index (χ2v) is 7.94. The van der Waals surface area contributed by atoms with Crippen molar-refractivity contribution in [1.82, 2.24) is 24.7 Å². The predicted octanol–water partition coefficient (Wildman–Crippen LogP) is 2.50. The number of nitrogens with one attached hydrogen (secondary N) is 1. The molecule has 0 bridgehead atoms. The second-order valence-electron chi connectivity index (χ2n) is 7.94. The third-order valence-corrected chi connectivity index (χ3v) is 5.41. The van der Waals surface area contributed by atoms with E-state index in [4.69, 9.17) is 4.98 Å². The molecule has 27 heavy (non-hydrogen) atoms. The van der Waals surface area contributed by atoms with E-state index in [9.17, 15) is 18.0 Å². The van der Waals surface area contributed by atoms with Crippen molar-refractivity contribution in [2.75, 3.05) is 32.7 Å². The zero-order valence-corrected chi connectivity index (χ0v) is 16.1. The summed E-state index contributed by atoms with van der Waals surface area (Å²) < 4.78 is 39.5. The Kier molecular flexibility index (Phi) is 5.69. The summed E-state index contributed by atoms with van der Waals surface area (Å²) in [6.45, 7) is 5.65. The lowest BCUT2D eigenvalue weighted by Crippen LogP contribution is -2.44. The number of rotatable bonds is 4. The molecule has 1 saturated heterocycles. The van der Waals surface area contributed by atoms with E-state index in [1.807, 2.05) is 7.05 Å². The van der Waals surface area contributed by atoms with Crippen LogP contribution in [0.15, 0.2) is 0 Å². The van der Waals surface area contributed by atoms with Crippen molar-refractivity contribution < 1.29 is 18.0 Å². The van der Waals surface area contributed by atoms with Crippen LogP contribution in [-0.4, -0.2) is 64.3 Å². The Morgan fingerprint density at radius 2 is 2.07 bits per heavy atom. The monoisotopic (exact) mass is 387 g/mol. The molecule has 0 radical (unpaired) electrons. The summed E-state index contributed by atoms with van der Waals surface area (Å²) in [6, 6.07) is -0.160. The number of likely N-dealkylation sites (tertiary alicyclic amines) is 1. The summed E-state index contributed by atoms with van der Waals surface area (Å²) in [5.41, 5.74) is 2.13. The maximum Gasteiger partial charge on any atom is 0.401 e. The molecule has 1 N–H and O–H groups in total. The van der Waals surface area contributed by atoms with Crippen LogP contribution in [-0.2, 0) is 20.0 Å². The van der Waals surface area contributed by atoms with Gasteiger partial charge in [-0.15, -0.1) is 0 Å². The maximum atomic E-state index is 12.5. The Morgan fingerprint density at radius 1 is 1.33 bits per heavy atom. The first-order valence-electron chi connectivity index (χ1n) is 9.50. The first-order valence-corrected chi connectivity index (χ1v) is 9.50. The number of amides is 2. The number of nitrogens with zero attached hydrogens (tertiary/aromatic N) is 4. The van der Waals surface area contributed by atoms with Gasteiger partial charge in [0.15, 0.2) is 0 Å². The molecule has 0 aromatic carbocycles. The van der Waals surface area contributed by atoms with Gasteiger partial charge in [0, 0.05) is 44.7 Å². The van der Waals surface area contributed by atoms with Gasteiger partial charge in [0.25, 0.3) is 0 Å². The molecule has 1 atom stereocenters. The molecule has 1 aromatic heterocycles. The number of fused-ring (bicyclic) bond motifs is 1. The van der Waals surface area contributed by atoms with Gasteiger partial charge in [-0.25, -0.2) is 9.78 Å². The van der Waals surface area contributed by atoms with Crippen molar-refractivity contribution in [3.8, 4) is 0 Å². The lowest BCUT2D eigenvalue weighted by atomic mass is 10.1. The number of urea groups is 1. The molecule has 9 heteroatoms. The van der Waals surface area contributed by atoms with Crippen molar-refractivity contribution in [1.29, 1.82) is 0 Å². The van der Waals surface area contributed by atoms with E-state index in [-0.39, 0.29) is 11.9 Å². The lowest BCUT2D eigenvalue weighted by molar-refractivity contribution is -0.143. The van der Waals surface area contributed by atoms with E-state index in [2.05, 4.69) is 23.7 Å². The van der Waals surface area contributed by atoms with Gasteiger partial charge >= 0.3 is 12.2 Å². The summed E-state index contributed by atoms with van der Waals surface area (Å²) >= 11 is 0. The van der Waals surface area contributed by atoms with Gasteiger partial charge in [-0.3, -0.25) is 4.90 Å². The summed E-state index contributed by atoms with van der Waals surface area (Å²) in [7, 11) is 2.02. The van der Waals surface area contributed by atoms with Crippen LogP contribution in [0.2, 0.25) is 0 Å². The molecule has 2 aliphatic rings. The number of carbonyl (C=O) groups is 1. The molecule has 1 fully saturated rings. The third-order valence-electron chi connectivity index (χ3n) is 5.41. The van der Waals surface area contributed by atoms with E-state index in [1.54, 1.807) is 4.90 Å². The highest BCUT2D eigenvalue weighted by Gasteiger charge is 2.34. The predicted molar refractivity (Wildman–Crippen MR) is 95.4 cm³/mol. The van der Waals surface area contributed by atoms with Crippen LogP contribution < -0.4 is 5.32 Å². The van der Waals surface area contributed by atoms with Crippen LogP contribution >= 0.6 is 0 Å². The van der Waals surface area contributed by atoms with Gasteiger partial charge in [0.1, 0.15) is 5.82 Å². The molecule has 0 saturated carbocycles. The molecule has 0 spiro atoms. The van der Waals surface area contributed by atoms with Gasteiger partial charge in [0.2, 0.25) is 0 Å². The molecule has 2 aliphatic heterocycles. The van der Waals surface area contributed by atoms with Gasteiger partial charge in [-0.1, -0.05) is 13.8 Å². The number of carbonyl (C=O) groups excluding carboxylic acids is 1. The minimum atomic E-state index is -4.17. The molecule has 2 amide bonds. The number of alkyl halides is 3. The summed E-state index contributed by atoms with van der Waals surface area (Å²) in [5.74, 6) is 1.42. The highest BCUT2D eigenvalue weighted by atomic mass is 19.4. The lowest BCUT2D eigenvalue weighted by Gasteiger charge is -2.27. The van der Waals surface area contributed by atoms with E-state index in [0.717, 1.165) is 17.9 Å². The fraction of sp³-hybridized carbons (Fsp3) is 0.778. The number of imidazole rings is 1. The third kappa shape index (κ3) is 4.75. The highest BCUT2D eigenvalue weighted by molar-refractivity contribution is 5.74. The Labute approximate surface area is 157 Å². The summed E-state index contributed by atoms with van der Waals surface area (Å²) in [5, 5.41) is 2.90. The van der Waals surface area contributed by atoms with E-state index < -0.39 is 12.7 Å². The zero-order valence-electron chi connectivity index (χ0n) is 16.1. The SMILES string of the molecule is CC(C)c1nc2c(n1C)CCN(C(=O)NCC1CCN(CC(F)(F)F)C1)C2. The molecule has 152 valence electrons. The maximum absolute atomic E-state index is 12.5. The zero-order chi connectivity index (χ0) is 19.8. The Hall–Kier alpha value is -1.77. The quantitative estimate of drug-likeness (QED) is 0.864. The number of halogens is 3. The van der Waals surface area contributed by atoms with E-state index in [0.29, 0.717) is 45.1 Å². The van der Waals surface area contributed by atoms with Gasteiger partial charge < -0.3 is 14.8 Å². The van der Waals surface area contributed by atoms with Gasteiger partial charge in [0.05, 0.1) is 18.8 Å². The fourth-order valence-electron chi connectivity index (χ4n) is 4.06.